The molecule has 4 N–H and O–H groups in total. The molecule has 0 saturated heterocycles. The molecule has 1 unspecified atom stereocenters. The summed E-state index contributed by atoms with van der Waals surface area (Å²) in [5.41, 5.74) is 5.86. The lowest BCUT2D eigenvalue weighted by Gasteiger charge is -2.16. The minimum absolute atomic E-state index is 0.149. The van der Waals surface area contributed by atoms with Gasteiger partial charge in [0.1, 0.15) is 0 Å². The molecule has 0 aromatic heterocycles. The van der Waals surface area contributed by atoms with E-state index in [2.05, 4.69) is 5.32 Å². The average molecular weight is 282 g/mol. The van der Waals surface area contributed by atoms with Crippen LogP contribution in [0.1, 0.15) is 18.0 Å². The summed E-state index contributed by atoms with van der Waals surface area (Å²) < 4.78 is 0. The molecule has 1 aromatic carbocycles. The zero-order chi connectivity index (χ0) is 14.1. The van der Waals surface area contributed by atoms with Gasteiger partial charge in [-0.1, -0.05) is 30.3 Å². The predicted octanol–water partition coefficient (Wildman–Crippen LogP) is 0.445. The topological polar surface area (TPSA) is 92.4 Å². The van der Waals surface area contributed by atoms with E-state index in [0.717, 1.165) is 5.56 Å². The van der Waals surface area contributed by atoms with Crippen LogP contribution in [0.15, 0.2) is 30.3 Å². The second-order valence-corrected chi connectivity index (χ2v) is 5.09. The number of amides is 2. The maximum absolute atomic E-state index is 11.7. The van der Waals surface area contributed by atoms with Gasteiger partial charge in [0.15, 0.2) is 0 Å². The van der Waals surface area contributed by atoms with Gasteiger partial charge in [0.2, 0.25) is 11.8 Å². The Morgan fingerprint density at radius 1 is 1.32 bits per heavy atom. The molecule has 1 atom stereocenters. The minimum atomic E-state index is -0.394. The average Bonchev–Trinajstić information content (AvgIpc) is 2.41. The van der Waals surface area contributed by atoms with Gasteiger partial charge in [-0.2, -0.15) is 11.8 Å². The molecule has 0 heterocycles. The Balaban J connectivity index is 2.35. The molecule has 104 valence electrons. The fourth-order valence-corrected chi connectivity index (χ4v) is 2.20. The first kappa shape index (κ1) is 15.5. The van der Waals surface area contributed by atoms with E-state index in [9.17, 15) is 14.7 Å². The molecule has 0 fully saturated rings. The van der Waals surface area contributed by atoms with E-state index in [4.69, 9.17) is 5.73 Å². The van der Waals surface area contributed by atoms with Gasteiger partial charge in [-0.05, 0) is 5.56 Å². The van der Waals surface area contributed by atoms with Crippen molar-refractivity contribution in [2.24, 2.45) is 5.73 Å². The largest absolute Gasteiger partial charge is 0.394 e. The van der Waals surface area contributed by atoms with E-state index in [-0.39, 0.29) is 24.2 Å². The lowest BCUT2D eigenvalue weighted by Crippen LogP contribution is -2.31. The van der Waals surface area contributed by atoms with Crippen molar-refractivity contribution in [1.82, 2.24) is 5.32 Å². The maximum atomic E-state index is 11.7. The summed E-state index contributed by atoms with van der Waals surface area (Å²) in [6.45, 7) is -0.149. The van der Waals surface area contributed by atoms with Crippen LogP contribution >= 0.6 is 11.8 Å². The standard InChI is InChI=1S/C13H18N2O3S/c14-12(17)9-19-7-6-13(18)15-11(8-16)10-4-2-1-3-5-10/h1-5,11,16H,6-9H2,(H2,14,17)(H,15,18). The molecule has 0 saturated carbocycles. The third-order valence-electron chi connectivity index (χ3n) is 2.44. The third kappa shape index (κ3) is 6.26. The van der Waals surface area contributed by atoms with E-state index < -0.39 is 6.04 Å². The van der Waals surface area contributed by atoms with Crippen LogP contribution < -0.4 is 11.1 Å². The number of hydrogen-bond donors (Lipinski definition) is 3. The molecule has 0 radical (unpaired) electrons. The number of primary amides is 1. The van der Waals surface area contributed by atoms with Crippen LogP contribution in [0.2, 0.25) is 0 Å². The van der Waals surface area contributed by atoms with Crippen molar-refractivity contribution in [1.29, 1.82) is 0 Å². The first-order chi connectivity index (χ1) is 9.13. The number of hydrogen-bond acceptors (Lipinski definition) is 4. The molecular weight excluding hydrogens is 264 g/mol. The Hall–Kier alpha value is -1.53. The summed E-state index contributed by atoms with van der Waals surface area (Å²) in [5.74, 6) is 0.208. The number of benzene rings is 1. The van der Waals surface area contributed by atoms with Crippen molar-refractivity contribution in [3.05, 3.63) is 35.9 Å². The van der Waals surface area contributed by atoms with E-state index in [1.807, 2.05) is 30.3 Å². The normalized spacial score (nSPS) is 11.8. The van der Waals surface area contributed by atoms with Crippen LogP contribution in [0.4, 0.5) is 0 Å². The Morgan fingerprint density at radius 3 is 2.58 bits per heavy atom. The number of thioether (sulfide) groups is 1. The van der Waals surface area contributed by atoms with Crippen molar-refractivity contribution in [2.75, 3.05) is 18.1 Å². The highest BCUT2D eigenvalue weighted by atomic mass is 32.2. The van der Waals surface area contributed by atoms with Crippen LogP contribution in [0.25, 0.3) is 0 Å². The van der Waals surface area contributed by atoms with Crippen molar-refractivity contribution < 1.29 is 14.7 Å². The minimum Gasteiger partial charge on any atom is -0.394 e. The van der Waals surface area contributed by atoms with Crippen LogP contribution in [0, 0.1) is 0 Å². The molecule has 19 heavy (non-hydrogen) atoms. The summed E-state index contributed by atoms with van der Waals surface area (Å²) in [5, 5.41) is 12.0. The Morgan fingerprint density at radius 2 is 2.00 bits per heavy atom. The van der Waals surface area contributed by atoms with Crippen molar-refractivity contribution >= 4 is 23.6 Å². The predicted molar refractivity (Wildman–Crippen MR) is 75.5 cm³/mol. The van der Waals surface area contributed by atoms with Gasteiger partial charge < -0.3 is 16.2 Å². The summed E-state index contributed by atoms with van der Waals surface area (Å²) in [7, 11) is 0. The highest BCUT2D eigenvalue weighted by molar-refractivity contribution is 7.99. The zero-order valence-corrected chi connectivity index (χ0v) is 11.4. The summed E-state index contributed by atoms with van der Waals surface area (Å²) in [4.78, 5) is 22.2. The van der Waals surface area contributed by atoms with Crippen molar-refractivity contribution in [2.45, 2.75) is 12.5 Å². The van der Waals surface area contributed by atoms with Gasteiger partial charge in [0.25, 0.3) is 0 Å². The lowest BCUT2D eigenvalue weighted by molar-refractivity contribution is -0.121. The number of nitrogens with one attached hydrogen (secondary N) is 1. The van der Waals surface area contributed by atoms with E-state index in [1.165, 1.54) is 11.8 Å². The Kier molecular flexibility index (Phi) is 6.99. The van der Waals surface area contributed by atoms with Crippen molar-refractivity contribution in [3.8, 4) is 0 Å². The fraction of sp³-hybridized carbons (Fsp3) is 0.385. The number of carbonyl (C=O) groups is 2. The number of aliphatic hydroxyl groups is 1. The van der Waals surface area contributed by atoms with Crippen LogP contribution in [-0.2, 0) is 9.59 Å². The molecule has 1 aromatic rings. The second kappa shape index (κ2) is 8.55. The number of aliphatic hydroxyl groups excluding tert-OH is 1. The smallest absolute Gasteiger partial charge is 0.227 e. The van der Waals surface area contributed by atoms with Crippen molar-refractivity contribution in [3.63, 3.8) is 0 Å². The molecule has 0 spiro atoms. The van der Waals surface area contributed by atoms with Gasteiger partial charge in [-0.3, -0.25) is 9.59 Å². The molecule has 6 heteroatoms. The Bertz CT molecular complexity index is 412. The summed E-state index contributed by atoms with van der Waals surface area (Å²) >= 11 is 1.32. The van der Waals surface area contributed by atoms with E-state index in [0.29, 0.717) is 12.2 Å². The first-order valence-electron chi connectivity index (χ1n) is 5.94. The molecular formula is C13H18N2O3S. The van der Waals surface area contributed by atoms with E-state index >= 15 is 0 Å². The third-order valence-corrected chi connectivity index (χ3v) is 3.42. The zero-order valence-electron chi connectivity index (χ0n) is 10.5. The number of carbonyl (C=O) groups excluding carboxylic acids is 2. The molecule has 0 aliphatic heterocycles. The lowest BCUT2D eigenvalue weighted by atomic mass is 10.1. The SMILES string of the molecule is NC(=O)CSCCC(=O)NC(CO)c1ccccc1. The van der Waals surface area contributed by atoms with Gasteiger partial charge in [0.05, 0.1) is 18.4 Å². The molecule has 2 amide bonds. The fourth-order valence-electron chi connectivity index (χ4n) is 1.52. The second-order valence-electron chi connectivity index (χ2n) is 3.98. The number of nitrogens with two attached hydrogens (primary N) is 1. The van der Waals surface area contributed by atoms with Gasteiger partial charge in [-0.15, -0.1) is 0 Å². The molecule has 0 bridgehead atoms. The quantitative estimate of drug-likeness (QED) is 0.603. The maximum Gasteiger partial charge on any atom is 0.227 e. The first-order valence-corrected chi connectivity index (χ1v) is 7.10. The van der Waals surface area contributed by atoms with Crippen LogP contribution in [-0.4, -0.2) is 35.0 Å². The van der Waals surface area contributed by atoms with Gasteiger partial charge in [-0.25, -0.2) is 0 Å². The summed E-state index contributed by atoms with van der Waals surface area (Å²) in [6, 6.07) is 8.89. The molecule has 0 aliphatic rings. The highest BCUT2D eigenvalue weighted by Gasteiger charge is 2.12. The highest BCUT2D eigenvalue weighted by Crippen LogP contribution is 2.12. The summed E-state index contributed by atoms with van der Waals surface area (Å²) in [6.07, 6.45) is 0.293. The van der Waals surface area contributed by atoms with Gasteiger partial charge >= 0.3 is 0 Å². The molecule has 0 aliphatic carbocycles. The molecule has 5 nitrogen and oxygen atoms in total. The van der Waals surface area contributed by atoms with E-state index in [1.54, 1.807) is 0 Å². The molecule has 1 rings (SSSR count). The van der Waals surface area contributed by atoms with Crippen LogP contribution in [0.5, 0.6) is 0 Å². The van der Waals surface area contributed by atoms with Gasteiger partial charge in [0, 0.05) is 12.2 Å². The Labute approximate surface area is 116 Å². The number of rotatable bonds is 8. The van der Waals surface area contributed by atoms with Crippen LogP contribution in [0.3, 0.4) is 0 Å². The monoisotopic (exact) mass is 282 g/mol.